The number of ether oxygens (including phenoxy) is 2. The third kappa shape index (κ3) is 4.45. The van der Waals surface area contributed by atoms with E-state index in [2.05, 4.69) is 56.6 Å². The third-order valence-corrected chi connectivity index (χ3v) is 6.80. The summed E-state index contributed by atoms with van der Waals surface area (Å²) in [6, 6.07) is 20.3. The molecule has 4 heterocycles. The number of hydrogen-bond acceptors (Lipinski definition) is 6. The van der Waals surface area contributed by atoms with E-state index in [1.165, 1.54) is 0 Å². The van der Waals surface area contributed by atoms with Gasteiger partial charge in [-0.05, 0) is 54.4 Å². The molecule has 1 unspecified atom stereocenters. The van der Waals surface area contributed by atoms with Crippen molar-refractivity contribution in [1.29, 1.82) is 0 Å². The van der Waals surface area contributed by atoms with Gasteiger partial charge in [0.15, 0.2) is 0 Å². The molecule has 2 aromatic heterocycles. The molecule has 7 nitrogen and oxygen atoms in total. The molecule has 182 valence electrons. The standard InChI is InChI=1S/C29H28N4O3/c1-19-7-8-20(16-31-19)17-32-23-9-10-26-22(15-23)14-21-4-2-5-24(28(21)36-26)27-18-33(12-13-35-27)25-6-3-11-30-29(25)34/h2-11,15-16,27,32H,12-14,17-18H2,1H3,(H,30,34). The second kappa shape index (κ2) is 9.51. The summed E-state index contributed by atoms with van der Waals surface area (Å²) < 4.78 is 12.6. The zero-order valence-corrected chi connectivity index (χ0v) is 20.2. The molecule has 1 fully saturated rings. The zero-order valence-electron chi connectivity index (χ0n) is 20.2. The number of rotatable bonds is 5. The lowest BCUT2D eigenvalue weighted by molar-refractivity contribution is 0.0383. The van der Waals surface area contributed by atoms with E-state index in [4.69, 9.17) is 9.47 Å². The minimum atomic E-state index is -0.182. The van der Waals surface area contributed by atoms with Crippen molar-refractivity contribution in [3.05, 3.63) is 111 Å². The van der Waals surface area contributed by atoms with Gasteiger partial charge in [-0.15, -0.1) is 0 Å². The zero-order chi connectivity index (χ0) is 24.5. The van der Waals surface area contributed by atoms with Gasteiger partial charge in [-0.3, -0.25) is 9.78 Å². The Morgan fingerprint density at radius 1 is 1.11 bits per heavy atom. The van der Waals surface area contributed by atoms with Crippen molar-refractivity contribution >= 4 is 11.4 Å². The highest BCUT2D eigenvalue weighted by Gasteiger charge is 2.29. The highest BCUT2D eigenvalue weighted by atomic mass is 16.5. The number of nitrogens with zero attached hydrogens (tertiary/aromatic N) is 2. The number of aryl methyl sites for hydroxylation is 1. The molecular weight excluding hydrogens is 452 g/mol. The van der Waals surface area contributed by atoms with Crippen molar-refractivity contribution in [2.75, 3.05) is 29.9 Å². The molecule has 1 saturated heterocycles. The molecule has 6 rings (SSSR count). The van der Waals surface area contributed by atoms with Crippen LogP contribution >= 0.6 is 0 Å². The molecule has 36 heavy (non-hydrogen) atoms. The van der Waals surface area contributed by atoms with Gasteiger partial charge >= 0.3 is 0 Å². The van der Waals surface area contributed by atoms with E-state index in [1.54, 1.807) is 6.20 Å². The molecule has 0 spiro atoms. The predicted octanol–water partition coefficient (Wildman–Crippen LogP) is 4.96. The Morgan fingerprint density at radius 3 is 2.92 bits per heavy atom. The minimum Gasteiger partial charge on any atom is -0.456 e. The summed E-state index contributed by atoms with van der Waals surface area (Å²) in [7, 11) is 0. The van der Waals surface area contributed by atoms with Crippen molar-refractivity contribution in [2.45, 2.75) is 26.0 Å². The van der Waals surface area contributed by atoms with Gasteiger partial charge in [0.2, 0.25) is 0 Å². The minimum absolute atomic E-state index is 0.0820. The molecule has 0 amide bonds. The van der Waals surface area contributed by atoms with E-state index in [0.717, 1.165) is 51.6 Å². The lowest BCUT2D eigenvalue weighted by Gasteiger charge is -2.35. The van der Waals surface area contributed by atoms with Gasteiger partial charge in [-0.1, -0.05) is 24.3 Å². The number of pyridine rings is 2. The first kappa shape index (κ1) is 22.4. The largest absolute Gasteiger partial charge is 0.456 e. The van der Waals surface area contributed by atoms with Crippen LogP contribution in [0, 0.1) is 6.92 Å². The van der Waals surface area contributed by atoms with Gasteiger partial charge in [-0.2, -0.15) is 0 Å². The number of anilines is 2. The number of morpholine rings is 1. The number of nitrogens with one attached hydrogen (secondary N) is 2. The average Bonchev–Trinajstić information content (AvgIpc) is 2.91. The van der Waals surface area contributed by atoms with E-state index in [-0.39, 0.29) is 11.7 Å². The molecule has 2 aliphatic heterocycles. The van der Waals surface area contributed by atoms with Crippen LogP contribution in [-0.2, 0) is 17.7 Å². The van der Waals surface area contributed by atoms with Crippen LogP contribution in [0.2, 0.25) is 0 Å². The smallest absolute Gasteiger partial charge is 0.271 e. The van der Waals surface area contributed by atoms with Crippen LogP contribution in [0.4, 0.5) is 11.4 Å². The number of fused-ring (bicyclic) bond motifs is 2. The lowest BCUT2D eigenvalue weighted by Crippen LogP contribution is -2.41. The molecule has 0 radical (unpaired) electrons. The molecule has 0 saturated carbocycles. The van der Waals surface area contributed by atoms with Crippen LogP contribution in [0.5, 0.6) is 11.5 Å². The number of hydrogen-bond donors (Lipinski definition) is 2. The number of aromatic amines is 1. The Bertz CT molecular complexity index is 1450. The molecular formula is C29H28N4O3. The Morgan fingerprint density at radius 2 is 2.06 bits per heavy atom. The van der Waals surface area contributed by atoms with E-state index < -0.39 is 0 Å². The van der Waals surface area contributed by atoms with Crippen LogP contribution < -0.4 is 20.5 Å². The maximum absolute atomic E-state index is 12.3. The van der Waals surface area contributed by atoms with Gasteiger partial charge in [-0.25, -0.2) is 0 Å². The monoisotopic (exact) mass is 480 g/mol. The summed E-state index contributed by atoms with van der Waals surface area (Å²) in [5.74, 6) is 1.73. The number of para-hydroxylation sites is 1. The second-order valence-corrected chi connectivity index (χ2v) is 9.29. The van der Waals surface area contributed by atoms with Gasteiger partial charge in [0.1, 0.15) is 23.3 Å². The number of H-pyrrole nitrogens is 1. The van der Waals surface area contributed by atoms with Crippen LogP contribution in [0.15, 0.2) is 77.9 Å². The molecule has 0 bridgehead atoms. The fraction of sp³-hybridized carbons (Fsp3) is 0.241. The third-order valence-electron chi connectivity index (χ3n) is 6.80. The van der Waals surface area contributed by atoms with Crippen LogP contribution in [0.1, 0.15) is 34.1 Å². The normalized spacial score (nSPS) is 16.6. The van der Waals surface area contributed by atoms with Crippen LogP contribution in [0.25, 0.3) is 0 Å². The maximum Gasteiger partial charge on any atom is 0.271 e. The Hall–Kier alpha value is -4.10. The number of benzene rings is 2. The van der Waals surface area contributed by atoms with Crippen LogP contribution in [0.3, 0.4) is 0 Å². The molecule has 7 heteroatoms. The first-order chi connectivity index (χ1) is 17.6. The van der Waals surface area contributed by atoms with E-state index >= 15 is 0 Å². The Labute approximate surface area is 209 Å². The summed E-state index contributed by atoms with van der Waals surface area (Å²) in [6.07, 6.45) is 4.17. The summed E-state index contributed by atoms with van der Waals surface area (Å²) in [5, 5.41) is 3.49. The molecule has 2 aromatic carbocycles. The second-order valence-electron chi connectivity index (χ2n) is 9.29. The summed E-state index contributed by atoms with van der Waals surface area (Å²) in [5.41, 5.74) is 7.10. The first-order valence-corrected chi connectivity index (χ1v) is 12.3. The fourth-order valence-corrected chi connectivity index (χ4v) is 4.89. The molecule has 4 aromatic rings. The van der Waals surface area contributed by atoms with Gasteiger partial charge in [0, 0.05) is 61.0 Å². The van der Waals surface area contributed by atoms with Crippen molar-refractivity contribution in [1.82, 2.24) is 9.97 Å². The number of aromatic nitrogens is 2. The summed E-state index contributed by atoms with van der Waals surface area (Å²) >= 11 is 0. The Balaban J connectivity index is 1.20. The quantitative estimate of drug-likeness (QED) is 0.370. The first-order valence-electron chi connectivity index (χ1n) is 12.3. The lowest BCUT2D eigenvalue weighted by atomic mass is 9.95. The summed E-state index contributed by atoms with van der Waals surface area (Å²) in [4.78, 5) is 21.6. The predicted molar refractivity (Wildman–Crippen MR) is 140 cm³/mol. The topological polar surface area (TPSA) is 79.5 Å². The average molecular weight is 481 g/mol. The molecule has 0 aliphatic carbocycles. The van der Waals surface area contributed by atoms with E-state index in [1.807, 2.05) is 37.4 Å². The maximum atomic E-state index is 12.3. The Kier molecular flexibility index (Phi) is 5.91. The molecule has 1 atom stereocenters. The fourth-order valence-electron chi connectivity index (χ4n) is 4.89. The molecule has 2 aliphatic rings. The highest BCUT2D eigenvalue weighted by molar-refractivity contribution is 5.59. The SMILES string of the molecule is Cc1ccc(CNc2ccc3c(c2)Cc2cccc(C4CN(c5ccc[nH]c5=O)CCO4)c2O3)cn1. The van der Waals surface area contributed by atoms with Crippen LogP contribution in [-0.4, -0.2) is 29.7 Å². The van der Waals surface area contributed by atoms with E-state index in [9.17, 15) is 4.79 Å². The van der Waals surface area contributed by atoms with Gasteiger partial charge in [0.05, 0.1) is 6.61 Å². The van der Waals surface area contributed by atoms with Gasteiger partial charge < -0.3 is 24.7 Å². The van der Waals surface area contributed by atoms with Crippen molar-refractivity contribution in [3.63, 3.8) is 0 Å². The molecule has 2 N–H and O–H groups in total. The van der Waals surface area contributed by atoms with Crippen molar-refractivity contribution in [3.8, 4) is 11.5 Å². The summed E-state index contributed by atoms with van der Waals surface area (Å²) in [6.45, 7) is 4.52. The van der Waals surface area contributed by atoms with Gasteiger partial charge in [0.25, 0.3) is 5.56 Å². The van der Waals surface area contributed by atoms with Crippen molar-refractivity contribution in [2.24, 2.45) is 0 Å². The highest BCUT2D eigenvalue weighted by Crippen LogP contribution is 2.43. The van der Waals surface area contributed by atoms with E-state index in [0.29, 0.717) is 31.9 Å². The van der Waals surface area contributed by atoms with Crippen molar-refractivity contribution < 1.29 is 9.47 Å².